The fraction of sp³-hybridized carbons (Fsp3) is 0.350. The van der Waals surface area contributed by atoms with E-state index in [4.69, 9.17) is 10.5 Å². The zero-order valence-electron chi connectivity index (χ0n) is 15.2. The van der Waals surface area contributed by atoms with Crippen molar-refractivity contribution in [3.63, 3.8) is 0 Å². The van der Waals surface area contributed by atoms with Crippen LogP contribution in [0, 0.1) is 5.92 Å². The van der Waals surface area contributed by atoms with Crippen molar-refractivity contribution < 1.29 is 9.53 Å². The molecule has 3 N–H and O–H groups in total. The largest absolute Gasteiger partial charge is 0.488 e. The van der Waals surface area contributed by atoms with E-state index >= 15 is 0 Å². The molecule has 0 heterocycles. The predicted molar refractivity (Wildman–Crippen MR) is 105 cm³/mol. The molecule has 2 unspecified atom stereocenters. The smallest absolute Gasteiger partial charge is 0.229 e. The highest BCUT2D eigenvalue weighted by Gasteiger charge is 2.22. The Hall–Kier alpha value is -2.04. The Labute approximate surface area is 156 Å². The van der Waals surface area contributed by atoms with Gasteiger partial charge >= 0.3 is 0 Å². The summed E-state index contributed by atoms with van der Waals surface area (Å²) in [6, 6.07) is 16.7. The van der Waals surface area contributed by atoms with Crippen molar-refractivity contribution in [1.82, 2.24) is 0 Å². The number of rotatable bonds is 5. The zero-order valence-corrected chi connectivity index (χ0v) is 16.0. The third-order valence-electron chi connectivity index (χ3n) is 3.68. The number of nitrogens with two attached hydrogens (primary N) is 1. The van der Waals surface area contributed by atoms with Crippen LogP contribution in [-0.2, 0) is 4.79 Å². The first-order chi connectivity index (χ1) is 11.3. The van der Waals surface area contributed by atoms with Gasteiger partial charge in [-0.3, -0.25) is 4.79 Å². The van der Waals surface area contributed by atoms with Crippen molar-refractivity contribution in [1.29, 1.82) is 0 Å². The monoisotopic (exact) mass is 362 g/mol. The fourth-order valence-corrected chi connectivity index (χ4v) is 2.34. The van der Waals surface area contributed by atoms with Crippen LogP contribution in [0.3, 0.4) is 0 Å². The maximum atomic E-state index is 12.4. The number of anilines is 1. The van der Waals surface area contributed by atoms with Crippen molar-refractivity contribution in [2.24, 2.45) is 11.7 Å². The lowest BCUT2D eigenvalue weighted by atomic mass is 9.94. The van der Waals surface area contributed by atoms with E-state index in [1.54, 1.807) is 0 Å². The molecule has 2 atom stereocenters. The van der Waals surface area contributed by atoms with Crippen molar-refractivity contribution in [3.8, 4) is 5.75 Å². The summed E-state index contributed by atoms with van der Waals surface area (Å²) in [7, 11) is 0. The summed E-state index contributed by atoms with van der Waals surface area (Å²) in [5, 5.41) is 2.91. The second-order valence-corrected chi connectivity index (χ2v) is 6.95. The summed E-state index contributed by atoms with van der Waals surface area (Å²) in [4.78, 5) is 12.4. The van der Waals surface area contributed by atoms with Gasteiger partial charge in [0.15, 0.2) is 0 Å². The number of hydrogen-bond acceptors (Lipinski definition) is 3. The molecular formula is C20H27ClN2O2. The summed E-state index contributed by atoms with van der Waals surface area (Å²) in [6.45, 7) is 7.82. The van der Waals surface area contributed by atoms with Gasteiger partial charge in [0.25, 0.3) is 0 Å². The van der Waals surface area contributed by atoms with Gasteiger partial charge in [-0.1, -0.05) is 37.3 Å². The van der Waals surface area contributed by atoms with Crippen LogP contribution in [0.2, 0.25) is 0 Å². The van der Waals surface area contributed by atoms with E-state index in [0.717, 1.165) is 17.0 Å². The first-order valence-electron chi connectivity index (χ1n) is 8.17. The van der Waals surface area contributed by atoms with E-state index in [9.17, 15) is 4.79 Å². The van der Waals surface area contributed by atoms with Gasteiger partial charge in [-0.2, -0.15) is 0 Å². The molecule has 0 spiro atoms. The van der Waals surface area contributed by atoms with Crippen molar-refractivity contribution in [2.45, 2.75) is 39.3 Å². The Bertz CT molecular complexity index is 666. The van der Waals surface area contributed by atoms with E-state index < -0.39 is 0 Å². The summed E-state index contributed by atoms with van der Waals surface area (Å²) >= 11 is 0. The predicted octanol–water partition coefficient (Wildman–Crippen LogP) is 4.56. The normalized spacial score (nSPS) is 13.3. The molecule has 0 aliphatic rings. The molecule has 2 aromatic carbocycles. The highest BCUT2D eigenvalue weighted by Crippen LogP contribution is 2.23. The minimum Gasteiger partial charge on any atom is -0.488 e. The molecule has 0 bridgehead atoms. The lowest BCUT2D eigenvalue weighted by molar-refractivity contribution is -0.120. The minimum absolute atomic E-state index is 0. The first kappa shape index (κ1) is 21.0. The molecule has 2 rings (SSSR count). The number of benzene rings is 2. The molecule has 4 nitrogen and oxygen atoms in total. The van der Waals surface area contributed by atoms with Crippen LogP contribution in [0.5, 0.6) is 5.75 Å². The molecule has 2 aromatic rings. The van der Waals surface area contributed by atoms with Gasteiger partial charge in [0.1, 0.15) is 11.4 Å². The lowest BCUT2D eigenvalue weighted by Crippen LogP contribution is -2.30. The molecule has 1 amide bonds. The highest BCUT2D eigenvalue weighted by molar-refractivity contribution is 5.92. The molecule has 0 saturated carbocycles. The van der Waals surface area contributed by atoms with Crippen LogP contribution in [-0.4, -0.2) is 11.5 Å². The number of carbonyl (C=O) groups excluding carboxylic acids is 1. The van der Waals surface area contributed by atoms with E-state index in [0.29, 0.717) is 0 Å². The zero-order chi connectivity index (χ0) is 17.7. The molecule has 0 saturated heterocycles. The Morgan fingerprint density at radius 3 is 2.12 bits per heavy atom. The van der Waals surface area contributed by atoms with Gasteiger partial charge in [0, 0.05) is 11.7 Å². The third kappa shape index (κ3) is 6.40. The van der Waals surface area contributed by atoms with Crippen LogP contribution in [0.1, 0.15) is 39.3 Å². The van der Waals surface area contributed by atoms with E-state index in [-0.39, 0.29) is 35.9 Å². The second-order valence-electron chi connectivity index (χ2n) is 6.95. The molecule has 5 heteroatoms. The molecule has 136 valence electrons. The summed E-state index contributed by atoms with van der Waals surface area (Å²) in [5.41, 5.74) is 7.64. The van der Waals surface area contributed by atoms with E-state index in [2.05, 4.69) is 5.32 Å². The Balaban J connectivity index is 0.00000312. The second kappa shape index (κ2) is 8.88. The van der Waals surface area contributed by atoms with Crippen molar-refractivity contribution >= 4 is 24.0 Å². The van der Waals surface area contributed by atoms with E-state index in [1.165, 1.54) is 0 Å². The molecule has 0 aliphatic heterocycles. The Morgan fingerprint density at radius 1 is 1.04 bits per heavy atom. The third-order valence-corrected chi connectivity index (χ3v) is 3.68. The van der Waals surface area contributed by atoms with Gasteiger partial charge in [-0.15, -0.1) is 12.4 Å². The highest BCUT2D eigenvalue weighted by atomic mass is 35.5. The number of nitrogens with one attached hydrogen (secondary N) is 1. The van der Waals surface area contributed by atoms with Gasteiger partial charge in [0.05, 0.1) is 5.92 Å². The molecule has 25 heavy (non-hydrogen) atoms. The quantitative estimate of drug-likeness (QED) is 0.819. The number of hydrogen-bond donors (Lipinski definition) is 2. The molecule has 0 aromatic heterocycles. The Kier molecular flexibility index (Phi) is 7.46. The molecular weight excluding hydrogens is 336 g/mol. The maximum absolute atomic E-state index is 12.4. The van der Waals surface area contributed by atoms with Crippen molar-refractivity contribution in [3.05, 3.63) is 60.2 Å². The standard InChI is InChI=1S/C20H26N2O2.ClH/c1-14(18(21)15-8-6-5-7-9-15)19(23)22-16-10-12-17(13-11-16)24-20(2,3)4;/h5-14,18H,21H2,1-4H3,(H,22,23);1H. The molecule has 0 aliphatic carbocycles. The summed E-state index contributed by atoms with van der Waals surface area (Å²) in [5.74, 6) is 0.336. The minimum atomic E-state index is -0.338. The molecule has 0 fully saturated rings. The number of ether oxygens (including phenoxy) is 1. The molecule has 0 radical (unpaired) electrons. The lowest BCUT2D eigenvalue weighted by Gasteiger charge is -2.22. The maximum Gasteiger partial charge on any atom is 0.229 e. The van der Waals surface area contributed by atoms with Gasteiger partial charge < -0.3 is 15.8 Å². The van der Waals surface area contributed by atoms with E-state index in [1.807, 2.05) is 82.3 Å². The van der Waals surface area contributed by atoms with Gasteiger partial charge in [0.2, 0.25) is 5.91 Å². The van der Waals surface area contributed by atoms with Crippen LogP contribution < -0.4 is 15.8 Å². The van der Waals surface area contributed by atoms with Crippen LogP contribution >= 0.6 is 12.4 Å². The summed E-state index contributed by atoms with van der Waals surface area (Å²) < 4.78 is 5.77. The SMILES string of the molecule is CC(C(=O)Nc1ccc(OC(C)(C)C)cc1)C(N)c1ccccc1.Cl. The van der Waals surface area contributed by atoms with Crippen molar-refractivity contribution in [2.75, 3.05) is 5.32 Å². The number of halogens is 1. The van der Waals surface area contributed by atoms with Crippen LogP contribution in [0.25, 0.3) is 0 Å². The van der Waals surface area contributed by atoms with Gasteiger partial charge in [-0.05, 0) is 50.6 Å². The fourth-order valence-electron chi connectivity index (χ4n) is 2.34. The summed E-state index contributed by atoms with van der Waals surface area (Å²) in [6.07, 6.45) is 0. The van der Waals surface area contributed by atoms with Crippen LogP contribution in [0.15, 0.2) is 54.6 Å². The Morgan fingerprint density at radius 2 is 1.60 bits per heavy atom. The van der Waals surface area contributed by atoms with Gasteiger partial charge in [-0.25, -0.2) is 0 Å². The average molecular weight is 363 g/mol. The average Bonchev–Trinajstić information content (AvgIpc) is 2.54. The number of carbonyl (C=O) groups is 1. The topological polar surface area (TPSA) is 64.3 Å². The number of amides is 1. The van der Waals surface area contributed by atoms with Crippen LogP contribution in [0.4, 0.5) is 5.69 Å². The first-order valence-corrected chi connectivity index (χ1v) is 8.17.